The number of hydrogen-bond donors (Lipinski definition) is 0. The Morgan fingerprint density at radius 2 is 0.509 bits per heavy atom. The van der Waals surface area contributed by atoms with Gasteiger partial charge in [-0.25, -0.2) is 0 Å². The molecule has 0 aliphatic heterocycles. The van der Waals surface area contributed by atoms with Gasteiger partial charge in [-0.2, -0.15) is 0 Å². The van der Waals surface area contributed by atoms with Gasteiger partial charge in [0.05, 0.1) is 0 Å². The van der Waals surface area contributed by atoms with Gasteiger partial charge in [0.1, 0.15) is 10.8 Å². The van der Waals surface area contributed by atoms with Crippen LogP contribution < -0.4 is 24.8 Å². The van der Waals surface area contributed by atoms with Crippen molar-refractivity contribution >= 4 is 34.3 Å². The summed E-state index contributed by atoms with van der Waals surface area (Å²) in [5, 5.41) is 1.55. The van der Waals surface area contributed by atoms with Gasteiger partial charge in [-0.3, -0.25) is 0 Å². The van der Waals surface area contributed by atoms with E-state index in [-0.39, 0.29) is 45.2 Å². The second kappa shape index (κ2) is 24.6. The van der Waals surface area contributed by atoms with Crippen molar-refractivity contribution in [1.82, 2.24) is 0 Å². The second-order valence-electron chi connectivity index (χ2n) is 12.8. The van der Waals surface area contributed by atoms with Crippen LogP contribution in [0.15, 0.2) is 216 Å². The van der Waals surface area contributed by atoms with E-state index in [0.29, 0.717) is 0 Å². The molecule has 0 aliphatic carbocycles. The van der Waals surface area contributed by atoms with E-state index in [1.54, 1.807) is 0 Å². The Labute approximate surface area is 365 Å². The monoisotopic (exact) mass is 890 g/mol. The quantitative estimate of drug-likeness (QED) is 0.0957. The van der Waals surface area contributed by atoms with Gasteiger partial charge in [0.2, 0.25) is 0 Å². The van der Waals surface area contributed by atoms with Crippen LogP contribution in [0.1, 0.15) is 61.1 Å². The minimum Gasteiger partial charge on any atom is -1.00 e. The molecule has 55 heavy (non-hydrogen) atoms. The van der Waals surface area contributed by atoms with Gasteiger partial charge < -0.3 is 24.8 Å². The molecule has 0 N–H and O–H groups in total. The minimum atomic E-state index is 0. The van der Waals surface area contributed by atoms with Crippen molar-refractivity contribution < 1.29 is 45.2 Å². The van der Waals surface area contributed by atoms with E-state index in [2.05, 4.69) is 137 Å². The predicted octanol–water partition coefficient (Wildman–Crippen LogP) is 8.55. The molecule has 0 aliphatic rings. The molecule has 0 heterocycles. The SMILES string of the molecule is CC(C)=C(C=C(c1ccccc1)c1ccccc1)[C](Cl)c1ccccc1.CC(C)=C(C=C(c1ccccc1)c1ccccc1)[C](Cl)c1ccccc1.[Cl-].[Cl-].[Pd+2]. The van der Waals surface area contributed by atoms with Gasteiger partial charge in [0, 0.05) is 0 Å². The normalized spacial score (nSPS) is 9.89. The Hall–Kier alpha value is -3.90. The first-order valence-corrected chi connectivity index (χ1v) is 18.3. The van der Waals surface area contributed by atoms with E-state index < -0.39 is 0 Å². The van der Waals surface area contributed by atoms with Crippen LogP contribution in [0.4, 0.5) is 0 Å². The maximum atomic E-state index is 6.80. The third kappa shape index (κ3) is 13.7. The van der Waals surface area contributed by atoms with Crippen LogP contribution in [-0.2, 0) is 20.4 Å². The summed E-state index contributed by atoms with van der Waals surface area (Å²) in [6, 6.07) is 62.0. The van der Waals surface area contributed by atoms with Crippen molar-refractivity contribution in [2.75, 3.05) is 0 Å². The van der Waals surface area contributed by atoms with Crippen LogP contribution in [0, 0.1) is 10.8 Å². The van der Waals surface area contributed by atoms with E-state index in [1.165, 1.54) is 33.4 Å². The van der Waals surface area contributed by atoms with Crippen LogP contribution in [0.2, 0.25) is 0 Å². The van der Waals surface area contributed by atoms with E-state index in [9.17, 15) is 0 Å². The number of hydrogen-bond acceptors (Lipinski definition) is 0. The molecule has 0 saturated carbocycles. The Bertz CT molecular complexity index is 1860. The molecule has 0 nitrogen and oxygen atoms in total. The standard InChI is InChI=1S/2C25H22Cl.2ClH.Pd/c2*1-19(2)23(25(26)22-16-10-5-11-17-22)18-24(20-12-6-3-7-13-20)21-14-8-4-9-15-21;;;/h2*3-18H,1-2H3;2*1H;/q;;;;+2/p-2. The molecule has 6 aromatic rings. The van der Waals surface area contributed by atoms with Gasteiger partial charge in [-0.05, 0) is 95.5 Å². The number of allylic oxidation sites excluding steroid dienone is 6. The molecule has 6 aromatic carbocycles. The molecule has 0 amide bonds. The van der Waals surface area contributed by atoms with Gasteiger partial charge in [-0.1, -0.05) is 193 Å². The molecule has 0 fully saturated rings. The van der Waals surface area contributed by atoms with Gasteiger partial charge in [0.25, 0.3) is 0 Å². The fourth-order valence-electron chi connectivity index (χ4n) is 5.76. The Morgan fingerprint density at radius 1 is 0.327 bits per heavy atom. The third-order valence-corrected chi connectivity index (χ3v) is 9.36. The molecular formula is C50H44Cl4Pd. The van der Waals surface area contributed by atoms with Crippen molar-refractivity contribution in [3.05, 3.63) is 261 Å². The molecule has 0 unspecified atom stereocenters. The average Bonchev–Trinajstić information content (AvgIpc) is 3.20. The van der Waals surface area contributed by atoms with Crippen LogP contribution in [-0.4, -0.2) is 0 Å². The van der Waals surface area contributed by atoms with Crippen molar-refractivity contribution in [2.24, 2.45) is 0 Å². The average molecular weight is 893 g/mol. The molecule has 0 atom stereocenters. The Balaban J connectivity index is 0.000000360. The molecule has 0 spiro atoms. The molecule has 282 valence electrons. The summed E-state index contributed by atoms with van der Waals surface area (Å²) in [5.74, 6) is 0. The smallest absolute Gasteiger partial charge is 1.00 e. The zero-order chi connectivity index (χ0) is 36.7. The largest absolute Gasteiger partial charge is 2.00 e. The van der Waals surface area contributed by atoms with Gasteiger partial charge >= 0.3 is 20.4 Å². The molecule has 0 aromatic heterocycles. The molecule has 0 bridgehead atoms. The van der Waals surface area contributed by atoms with Gasteiger partial charge in [-0.15, -0.1) is 23.2 Å². The molecular weight excluding hydrogens is 849 g/mol. The summed E-state index contributed by atoms with van der Waals surface area (Å²) in [6.45, 7) is 8.41. The molecule has 5 heteroatoms. The summed E-state index contributed by atoms with van der Waals surface area (Å²) in [4.78, 5) is 0. The molecule has 6 rings (SSSR count). The summed E-state index contributed by atoms with van der Waals surface area (Å²) in [5.41, 5.74) is 13.6. The number of rotatable bonds is 10. The summed E-state index contributed by atoms with van der Waals surface area (Å²) < 4.78 is 0. The fraction of sp³-hybridized carbons (Fsp3) is 0.0800. The summed E-state index contributed by atoms with van der Waals surface area (Å²) >= 11 is 13.6. The van der Waals surface area contributed by atoms with Crippen molar-refractivity contribution in [1.29, 1.82) is 0 Å². The Morgan fingerprint density at radius 3 is 0.691 bits per heavy atom. The van der Waals surface area contributed by atoms with Crippen molar-refractivity contribution in [2.45, 2.75) is 27.7 Å². The number of halogens is 4. The maximum absolute atomic E-state index is 6.80. The minimum absolute atomic E-state index is 0. The van der Waals surface area contributed by atoms with Crippen molar-refractivity contribution in [3.8, 4) is 0 Å². The van der Waals surface area contributed by atoms with Gasteiger partial charge in [0.15, 0.2) is 0 Å². The topological polar surface area (TPSA) is 0 Å². The number of benzene rings is 6. The predicted molar refractivity (Wildman–Crippen MR) is 226 cm³/mol. The van der Waals surface area contributed by atoms with Crippen LogP contribution in [0.25, 0.3) is 11.1 Å². The van der Waals surface area contributed by atoms with Crippen LogP contribution in [0.3, 0.4) is 0 Å². The van der Waals surface area contributed by atoms with Crippen LogP contribution >= 0.6 is 23.2 Å². The third-order valence-electron chi connectivity index (χ3n) is 8.52. The molecule has 2 radical (unpaired) electrons. The Kier molecular flexibility index (Phi) is 21.1. The van der Waals surface area contributed by atoms with E-state index in [0.717, 1.165) is 44.2 Å². The van der Waals surface area contributed by atoms with E-state index >= 15 is 0 Å². The van der Waals surface area contributed by atoms with Crippen LogP contribution in [0.5, 0.6) is 0 Å². The zero-order valence-electron chi connectivity index (χ0n) is 31.3. The fourth-order valence-corrected chi connectivity index (χ4v) is 6.50. The summed E-state index contributed by atoms with van der Waals surface area (Å²) in [7, 11) is 0. The maximum Gasteiger partial charge on any atom is 2.00 e. The van der Waals surface area contributed by atoms with E-state index in [4.69, 9.17) is 23.2 Å². The molecule has 0 saturated heterocycles. The van der Waals surface area contributed by atoms with Crippen molar-refractivity contribution in [3.63, 3.8) is 0 Å². The summed E-state index contributed by atoms with van der Waals surface area (Å²) in [6.07, 6.45) is 4.41. The first kappa shape index (κ1) is 47.3. The first-order valence-electron chi connectivity index (χ1n) is 17.5. The zero-order valence-corrected chi connectivity index (χ0v) is 35.9. The first-order chi connectivity index (χ1) is 25.3. The van der Waals surface area contributed by atoms with E-state index in [1.807, 2.05) is 84.9 Å². The second-order valence-corrected chi connectivity index (χ2v) is 13.5.